The molecule has 0 bridgehead atoms. The molecule has 4 nitrogen and oxygen atoms in total. The van der Waals surface area contributed by atoms with Gasteiger partial charge in [0.25, 0.3) is 0 Å². The summed E-state index contributed by atoms with van der Waals surface area (Å²) < 4.78 is 0. The van der Waals surface area contributed by atoms with Gasteiger partial charge >= 0.3 is 7.12 Å². The van der Waals surface area contributed by atoms with E-state index in [1.165, 1.54) is 6.33 Å². The lowest BCUT2D eigenvalue weighted by molar-refractivity contribution is 0.426. The maximum absolute atomic E-state index is 9.09. The molecule has 3 rings (SSSR count). The summed E-state index contributed by atoms with van der Waals surface area (Å²) >= 11 is 0. The van der Waals surface area contributed by atoms with Crippen molar-refractivity contribution in [2.45, 2.75) is 0 Å². The first kappa shape index (κ1) is 11.8. The number of fused-ring (bicyclic) bond motifs is 1. The summed E-state index contributed by atoms with van der Waals surface area (Å²) in [6.07, 6.45) is 1.53. The number of para-hydroxylation sites is 1. The zero-order valence-corrected chi connectivity index (χ0v) is 10.1. The number of rotatable bonds is 2. The maximum Gasteiger partial charge on any atom is 0.488 e. The highest BCUT2D eigenvalue weighted by molar-refractivity contribution is 6.58. The van der Waals surface area contributed by atoms with Crippen molar-refractivity contribution in [3.8, 4) is 11.3 Å². The third-order valence-corrected chi connectivity index (χ3v) is 3.03. The van der Waals surface area contributed by atoms with Crippen LogP contribution in [-0.4, -0.2) is 27.1 Å². The van der Waals surface area contributed by atoms with Gasteiger partial charge in [-0.25, -0.2) is 9.97 Å². The number of aromatic nitrogens is 2. The molecule has 0 saturated heterocycles. The van der Waals surface area contributed by atoms with Gasteiger partial charge in [-0.1, -0.05) is 42.5 Å². The van der Waals surface area contributed by atoms with Crippen LogP contribution < -0.4 is 5.46 Å². The molecule has 0 fully saturated rings. The molecule has 0 radical (unpaired) electrons. The van der Waals surface area contributed by atoms with Gasteiger partial charge in [-0.3, -0.25) is 0 Å². The van der Waals surface area contributed by atoms with Crippen molar-refractivity contribution in [3.63, 3.8) is 0 Å². The zero-order chi connectivity index (χ0) is 13.2. The molecule has 5 heteroatoms. The molecule has 2 aromatic carbocycles. The fraction of sp³-hybridized carbons (Fsp3) is 0. The lowest BCUT2D eigenvalue weighted by Gasteiger charge is -2.06. The van der Waals surface area contributed by atoms with Crippen molar-refractivity contribution in [1.82, 2.24) is 9.97 Å². The molecule has 2 N–H and O–H groups in total. The Balaban J connectivity index is 2.14. The monoisotopic (exact) mass is 250 g/mol. The molecule has 0 amide bonds. The van der Waals surface area contributed by atoms with Gasteiger partial charge in [-0.2, -0.15) is 0 Å². The van der Waals surface area contributed by atoms with E-state index in [0.29, 0.717) is 5.46 Å². The molecule has 0 saturated carbocycles. The first-order valence-electron chi connectivity index (χ1n) is 5.92. The number of hydrogen-bond donors (Lipinski definition) is 2. The number of benzene rings is 2. The van der Waals surface area contributed by atoms with Crippen LogP contribution in [0.25, 0.3) is 22.2 Å². The summed E-state index contributed by atoms with van der Waals surface area (Å²) in [6, 6.07) is 14.8. The molecular weight excluding hydrogens is 239 g/mol. The normalized spacial score (nSPS) is 10.6. The molecule has 0 spiro atoms. The second-order valence-electron chi connectivity index (χ2n) is 4.24. The molecular formula is C14H11BN2O2. The standard InChI is InChI=1S/C14H11BN2O2/c18-15(19)11-7-5-10(6-8-11)14-12-3-1-2-4-13(12)16-9-17-14/h1-9,18-19H. The van der Waals surface area contributed by atoms with Crippen molar-refractivity contribution >= 4 is 23.5 Å². The molecule has 19 heavy (non-hydrogen) atoms. The third kappa shape index (κ3) is 2.21. The Bertz CT molecular complexity index is 709. The lowest BCUT2D eigenvalue weighted by atomic mass is 9.80. The Kier molecular flexibility index (Phi) is 2.99. The smallest absolute Gasteiger partial charge is 0.423 e. The van der Waals surface area contributed by atoms with Gasteiger partial charge in [-0.05, 0) is 11.5 Å². The van der Waals surface area contributed by atoms with E-state index in [0.717, 1.165) is 22.2 Å². The minimum absolute atomic E-state index is 0.460. The van der Waals surface area contributed by atoms with Crippen molar-refractivity contribution in [2.24, 2.45) is 0 Å². The van der Waals surface area contributed by atoms with E-state index >= 15 is 0 Å². The molecule has 1 aromatic heterocycles. The molecule has 0 aliphatic rings. The highest BCUT2D eigenvalue weighted by Gasteiger charge is 2.11. The van der Waals surface area contributed by atoms with Crippen molar-refractivity contribution in [2.75, 3.05) is 0 Å². The summed E-state index contributed by atoms with van der Waals surface area (Å²) in [7, 11) is -1.45. The van der Waals surface area contributed by atoms with Gasteiger partial charge in [0, 0.05) is 10.9 Å². The topological polar surface area (TPSA) is 66.2 Å². The van der Waals surface area contributed by atoms with Gasteiger partial charge in [-0.15, -0.1) is 0 Å². The van der Waals surface area contributed by atoms with E-state index in [2.05, 4.69) is 9.97 Å². The van der Waals surface area contributed by atoms with E-state index < -0.39 is 7.12 Å². The quantitative estimate of drug-likeness (QED) is 0.665. The van der Waals surface area contributed by atoms with Crippen LogP contribution in [0, 0.1) is 0 Å². The number of nitrogens with zero attached hydrogens (tertiary/aromatic N) is 2. The summed E-state index contributed by atoms with van der Waals surface area (Å²) in [5.74, 6) is 0. The molecule has 0 aliphatic carbocycles. The summed E-state index contributed by atoms with van der Waals surface area (Å²) in [5.41, 5.74) is 3.11. The second kappa shape index (κ2) is 4.80. The highest BCUT2D eigenvalue weighted by Crippen LogP contribution is 2.24. The van der Waals surface area contributed by atoms with Crippen molar-refractivity contribution in [1.29, 1.82) is 0 Å². The Morgan fingerprint density at radius 2 is 1.58 bits per heavy atom. The van der Waals surface area contributed by atoms with E-state index in [1.807, 2.05) is 36.4 Å². The third-order valence-electron chi connectivity index (χ3n) is 3.03. The summed E-state index contributed by atoms with van der Waals surface area (Å²) in [4.78, 5) is 8.54. The first-order valence-corrected chi connectivity index (χ1v) is 5.92. The Morgan fingerprint density at radius 1 is 0.842 bits per heavy atom. The van der Waals surface area contributed by atoms with Gasteiger partial charge in [0.15, 0.2) is 0 Å². The lowest BCUT2D eigenvalue weighted by Crippen LogP contribution is -2.29. The summed E-state index contributed by atoms with van der Waals surface area (Å²) in [6.45, 7) is 0. The molecule has 0 atom stereocenters. The van der Waals surface area contributed by atoms with Crippen LogP contribution >= 0.6 is 0 Å². The number of hydrogen-bond acceptors (Lipinski definition) is 4. The highest BCUT2D eigenvalue weighted by atomic mass is 16.4. The molecule has 0 aliphatic heterocycles. The van der Waals surface area contributed by atoms with Crippen LogP contribution in [0.4, 0.5) is 0 Å². The molecule has 1 heterocycles. The van der Waals surface area contributed by atoms with Gasteiger partial charge in [0.1, 0.15) is 6.33 Å². The average molecular weight is 250 g/mol. The fourth-order valence-corrected chi connectivity index (χ4v) is 2.05. The molecule has 3 aromatic rings. The second-order valence-corrected chi connectivity index (χ2v) is 4.24. The Morgan fingerprint density at radius 3 is 2.32 bits per heavy atom. The minimum Gasteiger partial charge on any atom is -0.423 e. The Hall–Kier alpha value is -2.24. The first-order chi connectivity index (χ1) is 9.25. The molecule has 0 unspecified atom stereocenters. The van der Waals surface area contributed by atoms with Crippen LogP contribution in [0.3, 0.4) is 0 Å². The van der Waals surface area contributed by atoms with Crippen LogP contribution in [0.5, 0.6) is 0 Å². The van der Waals surface area contributed by atoms with Gasteiger partial charge in [0.05, 0.1) is 11.2 Å². The van der Waals surface area contributed by atoms with Crippen molar-refractivity contribution < 1.29 is 10.0 Å². The maximum atomic E-state index is 9.09. The zero-order valence-electron chi connectivity index (χ0n) is 10.1. The van der Waals surface area contributed by atoms with Crippen molar-refractivity contribution in [3.05, 3.63) is 54.9 Å². The Labute approximate surface area is 110 Å². The van der Waals surface area contributed by atoms with E-state index in [9.17, 15) is 0 Å². The predicted octanol–water partition coefficient (Wildman–Crippen LogP) is 0.977. The van der Waals surface area contributed by atoms with Crippen LogP contribution in [-0.2, 0) is 0 Å². The van der Waals surface area contributed by atoms with E-state index in [1.54, 1.807) is 12.1 Å². The van der Waals surface area contributed by atoms with Crippen LogP contribution in [0.2, 0.25) is 0 Å². The SMILES string of the molecule is OB(O)c1ccc(-c2ncnc3ccccc23)cc1. The largest absolute Gasteiger partial charge is 0.488 e. The molecule has 92 valence electrons. The van der Waals surface area contributed by atoms with Gasteiger partial charge in [0.2, 0.25) is 0 Å². The van der Waals surface area contributed by atoms with E-state index in [-0.39, 0.29) is 0 Å². The van der Waals surface area contributed by atoms with Crippen LogP contribution in [0.1, 0.15) is 0 Å². The van der Waals surface area contributed by atoms with E-state index in [4.69, 9.17) is 10.0 Å². The van der Waals surface area contributed by atoms with Gasteiger partial charge < -0.3 is 10.0 Å². The predicted molar refractivity (Wildman–Crippen MR) is 74.8 cm³/mol. The van der Waals surface area contributed by atoms with Crippen LogP contribution in [0.15, 0.2) is 54.9 Å². The fourth-order valence-electron chi connectivity index (χ4n) is 2.05. The summed E-state index contributed by atoms with van der Waals surface area (Å²) in [5, 5.41) is 19.1. The average Bonchev–Trinajstić information content (AvgIpc) is 2.47. The minimum atomic E-state index is -1.45.